The summed E-state index contributed by atoms with van der Waals surface area (Å²) in [5, 5.41) is 0. The number of benzene rings is 2. The SMILES string of the molecule is CC1Cc2ccccc2N(c2cccc(F)c2[C@H](C)N)C1. The number of para-hydroxylation sites is 1. The zero-order valence-corrected chi connectivity index (χ0v) is 12.5. The first-order valence-electron chi connectivity index (χ1n) is 7.47. The van der Waals surface area contributed by atoms with Gasteiger partial charge in [0.15, 0.2) is 0 Å². The molecule has 1 aliphatic rings. The summed E-state index contributed by atoms with van der Waals surface area (Å²) < 4.78 is 14.2. The molecule has 0 saturated heterocycles. The summed E-state index contributed by atoms with van der Waals surface area (Å²) in [5.41, 5.74) is 9.99. The van der Waals surface area contributed by atoms with E-state index in [1.165, 1.54) is 17.3 Å². The molecule has 0 fully saturated rings. The van der Waals surface area contributed by atoms with E-state index in [1.807, 2.05) is 19.1 Å². The van der Waals surface area contributed by atoms with Gasteiger partial charge in [-0.3, -0.25) is 0 Å². The van der Waals surface area contributed by atoms with Crippen molar-refractivity contribution in [3.05, 3.63) is 59.4 Å². The third-order valence-electron chi connectivity index (χ3n) is 4.12. The summed E-state index contributed by atoms with van der Waals surface area (Å²) >= 11 is 0. The molecule has 1 heterocycles. The van der Waals surface area contributed by atoms with Gasteiger partial charge in [0.1, 0.15) is 5.82 Å². The number of hydrogen-bond donors (Lipinski definition) is 1. The quantitative estimate of drug-likeness (QED) is 0.896. The van der Waals surface area contributed by atoms with Gasteiger partial charge in [-0.25, -0.2) is 4.39 Å². The van der Waals surface area contributed by atoms with E-state index in [0.29, 0.717) is 11.5 Å². The highest BCUT2D eigenvalue weighted by molar-refractivity contribution is 5.71. The molecule has 2 atom stereocenters. The molecule has 0 radical (unpaired) electrons. The fourth-order valence-electron chi connectivity index (χ4n) is 3.24. The molecule has 3 rings (SSSR count). The molecule has 21 heavy (non-hydrogen) atoms. The fraction of sp³-hybridized carbons (Fsp3) is 0.333. The largest absolute Gasteiger partial charge is 0.341 e. The van der Waals surface area contributed by atoms with E-state index in [0.717, 1.165) is 18.7 Å². The van der Waals surface area contributed by atoms with Crippen LogP contribution in [0.4, 0.5) is 15.8 Å². The van der Waals surface area contributed by atoms with Crippen molar-refractivity contribution >= 4 is 11.4 Å². The Kier molecular flexibility index (Phi) is 3.68. The number of anilines is 2. The third-order valence-corrected chi connectivity index (χ3v) is 4.12. The minimum atomic E-state index is -0.328. The van der Waals surface area contributed by atoms with E-state index in [1.54, 1.807) is 6.07 Å². The van der Waals surface area contributed by atoms with Gasteiger partial charge in [-0.05, 0) is 43.0 Å². The lowest BCUT2D eigenvalue weighted by Crippen LogP contribution is -2.31. The Morgan fingerprint density at radius 1 is 1.14 bits per heavy atom. The molecular formula is C18H21FN2. The summed E-state index contributed by atoms with van der Waals surface area (Å²) in [6.07, 6.45) is 1.06. The fourth-order valence-corrected chi connectivity index (χ4v) is 3.24. The molecule has 0 aliphatic carbocycles. The van der Waals surface area contributed by atoms with Crippen molar-refractivity contribution < 1.29 is 4.39 Å². The highest BCUT2D eigenvalue weighted by Crippen LogP contribution is 2.38. The maximum Gasteiger partial charge on any atom is 0.130 e. The summed E-state index contributed by atoms with van der Waals surface area (Å²) in [5.74, 6) is 0.308. The van der Waals surface area contributed by atoms with Gasteiger partial charge in [-0.15, -0.1) is 0 Å². The summed E-state index contributed by atoms with van der Waals surface area (Å²) in [6, 6.07) is 13.3. The first-order valence-corrected chi connectivity index (χ1v) is 7.47. The maximum absolute atomic E-state index is 14.2. The van der Waals surface area contributed by atoms with Crippen molar-refractivity contribution in [2.24, 2.45) is 11.7 Å². The van der Waals surface area contributed by atoms with Gasteiger partial charge in [0.2, 0.25) is 0 Å². The highest BCUT2D eigenvalue weighted by Gasteiger charge is 2.25. The number of hydrogen-bond acceptors (Lipinski definition) is 2. The van der Waals surface area contributed by atoms with E-state index in [4.69, 9.17) is 5.73 Å². The first-order chi connectivity index (χ1) is 10.1. The van der Waals surface area contributed by atoms with E-state index in [9.17, 15) is 4.39 Å². The van der Waals surface area contributed by atoms with Crippen molar-refractivity contribution in [1.82, 2.24) is 0 Å². The number of nitrogens with zero attached hydrogens (tertiary/aromatic N) is 1. The van der Waals surface area contributed by atoms with Crippen molar-refractivity contribution in [2.45, 2.75) is 26.3 Å². The van der Waals surface area contributed by atoms with Gasteiger partial charge >= 0.3 is 0 Å². The highest BCUT2D eigenvalue weighted by atomic mass is 19.1. The number of rotatable bonds is 2. The smallest absolute Gasteiger partial charge is 0.130 e. The van der Waals surface area contributed by atoms with Crippen molar-refractivity contribution in [1.29, 1.82) is 0 Å². The van der Waals surface area contributed by atoms with Gasteiger partial charge < -0.3 is 10.6 Å². The molecule has 2 nitrogen and oxygen atoms in total. The number of nitrogens with two attached hydrogens (primary N) is 1. The minimum absolute atomic E-state index is 0.224. The van der Waals surface area contributed by atoms with Gasteiger partial charge in [-0.2, -0.15) is 0 Å². The van der Waals surface area contributed by atoms with Crippen LogP contribution in [0, 0.1) is 11.7 Å². The molecule has 0 saturated carbocycles. The Labute approximate surface area is 125 Å². The second kappa shape index (κ2) is 5.49. The Balaban J connectivity index is 2.15. The predicted octanol–water partition coefficient (Wildman–Crippen LogP) is 4.18. The van der Waals surface area contributed by atoms with Crippen molar-refractivity contribution in [3.8, 4) is 0 Å². The zero-order chi connectivity index (χ0) is 15.0. The molecule has 2 N–H and O–H groups in total. The van der Waals surface area contributed by atoms with Crippen LogP contribution in [0.15, 0.2) is 42.5 Å². The molecule has 0 aromatic heterocycles. The molecule has 1 aliphatic heterocycles. The summed E-state index contributed by atoms with van der Waals surface area (Å²) in [7, 11) is 0. The monoisotopic (exact) mass is 284 g/mol. The molecule has 0 bridgehead atoms. The van der Waals surface area contributed by atoms with E-state index < -0.39 is 0 Å². The van der Waals surface area contributed by atoms with Gasteiger partial charge in [0.25, 0.3) is 0 Å². The van der Waals surface area contributed by atoms with Crippen LogP contribution in [0.1, 0.15) is 31.0 Å². The molecule has 1 unspecified atom stereocenters. The second-order valence-corrected chi connectivity index (χ2v) is 6.01. The molecule has 2 aromatic rings. The molecule has 2 aromatic carbocycles. The summed E-state index contributed by atoms with van der Waals surface area (Å²) in [4.78, 5) is 2.21. The molecule has 110 valence electrons. The van der Waals surface area contributed by atoms with Gasteiger partial charge in [0, 0.05) is 29.5 Å². The predicted molar refractivity (Wildman–Crippen MR) is 85.3 cm³/mol. The minimum Gasteiger partial charge on any atom is -0.341 e. The van der Waals surface area contributed by atoms with Gasteiger partial charge in [-0.1, -0.05) is 31.2 Å². The normalized spacial score (nSPS) is 19.2. The van der Waals surface area contributed by atoms with E-state index in [-0.39, 0.29) is 11.9 Å². The van der Waals surface area contributed by atoms with E-state index in [2.05, 4.69) is 30.0 Å². The third kappa shape index (κ3) is 2.54. The maximum atomic E-state index is 14.2. The number of fused-ring (bicyclic) bond motifs is 1. The van der Waals surface area contributed by atoms with Crippen LogP contribution in [0.25, 0.3) is 0 Å². The molecule has 0 spiro atoms. The van der Waals surface area contributed by atoms with Crippen LogP contribution < -0.4 is 10.6 Å². The average Bonchev–Trinajstić information content (AvgIpc) is 2.45. The number of halogens is 1. The Bertz CT molecular complexity index is 651. The van der Waals surface area contributed by atoms with Crippen LogP contribution >= 0.6 is 0 Å². The van der Waals surface area contributed by atoms with Crippen molar-refractivity contribution in [2.75, 3.05) is 11.4 Å². The van der Waals surface area contributed by atoms with Crippen LogP contribution in [-0.4, -0.2) is 6.54 Å². The zero-order valence-electron chi connectivity index (χ0n) is 12.5. The van der Waals surface area contributed by atoms with Crippen molar-refractivity contribution in [3.63, 3.8) is 0 Å². The van der Waals surface area contributed by atoms with Gasteiger partial charge in [0.05, 0.1) is 0 Å². The average molecular weight is 284 g/mol. The lowest BCUT2D eigenvalue weighted by Gasteiger charge is -2.36. The van der Waals surface area contributed by atoms with Crippen LogP contribution in [0.5, 0.6) is 0 Å². The van der Waals surface area contributed by atoms with Crippen LogP contribution in [0.2, 0.25) is 0 Å². The second-order valence-electron chi connectivity index (χ2n) is 6.01. The Hall–Kier alpha value is -1.87. The molecular weight excluding hydrogens is 263 g/mol. The Morgan fingerprint density at radius 3 is 2.62 bits per heavy atom. The standard InChI is InChI=1S/C18H21FN2/c1-12-10-14-6-3-4-8-16(14)21(11-12)17-9-5-7-15(19)18(17)13(2)20/h3-9,12-13H,10-11,20H2,1-2H3/t12?,13-/m0/s1. The lowest BCUT2D eigenvalue weighted by atomic mass is 9.92. The Morgan fingerprint density at radius 2 is 1.86 bits per heavy atom. The van der Waals surface area contributed by atoms with E-state index >= 15 is 0 Å². The summed E-state index contributed by atoms with van der Waals surface area (Å²) in [6.45, 7) is 4.95. The lowest BCUT2D eigenvalue weighted by molar-refractivity contribution is 0.555. The topological polar surface area (TPSA) is 29.3 Å². The van der Waals surface area contributed by atoms with Crippen LogP contribution in [-0.2, 0) is 6.42 Å². The van der Waals surface area contributed by atoms with Crippen LogP contribution in [0.3, 0.4) is 0 Å². The molecule has 0 amide bonds. The molecule has 3 heteroatoms. The first kappa shape index (κ1) is 14.1.